The number of carbonyl (C=O) groups excluding carboxylic acids is 1. The van der Waals surface area contributed by atoms with Crippen LogP contribution in [0.15, 0.2) is 0 Å². The third-order valence-electron chi connectivity index (χ3n) is 4.33. The summed E-state index contributed by atoms with van der Waals surface area (Å²) < 4.78 is 5.26. The van der Waals surface area contributed by atoms with Crippen molar-refractivity contribution in [2.24, 2.45) is 0 Å². The van der Waals surface area contributed by atoms with Crippen LogP contribution in [0.5, 0.6) is 0 Å². The largest absolute Gasteiger partial charge is 0.480 e. The number of nitrogens with one attached hydrogen (secondary N) is 1. The van der Waals surface area contributed by atoms with Crippen LogP contribution in [0.2, 0.25) is 0 Å². The van der Waals surface area contributed by atoms with E-state index in [9.17, 15) is 9.59 Å². The minimum Gasteiger partial charge on any atom is -0.480 e. The van der Waals surface area contributed by atoms with Crippen molar-refractivity contribution >= 4 is 12.0 Å². The van der Waals surface area contributed by atoms with Gasteiger partial charge in [0.2, 0.25) is 0 Å². The van der Waals surface area contributed by atoms with Gasteiger partial charge in [-0.1, -0.05) is 0 Å². The molecule has 2 aliphatic heterocycles. The first-order chi connectivity index (χ1) is 10.1. The number of nitrogens with zero attached hydrogens (tertiary/aromatic N) is 2. The second kappa shape index (κ2) is 7.61. The molecule has 0 aromatic heterocycles. The highest BCUT2D eigenvalue weighted by atomic mass is 16.5. The molecule has 0 aromatic carbocycles. The molecule has 120 valence electrons. The number of carboxylic acids is 1. The maximum Gasteiger partial charge on any atom is 0.329 e. The van der Waals surface area contributed by atoms with Gasteiger partial charge in [0.25, 0.3) is 0 Å². The Balaban J connectivity index is 1.64. The van der Waals surface area contributed by atoms with Gasteiger partial charge >= 0.3 is 12.0 Å². The summed E-state index contributed by atoms with van der Waals surface area (Å²) in [5.74, 6) is -0.948. The van der Waals surface area contributed by atoms with Crippen LogP contribution in [0.25, 0.3) is 0 Å². The number of likely N-dealkylation sites (N-methyl/N-ethyl adjacent to an activating group) is 1. The van der Waals surface area contributed by atoms with Gasteiger partial charge in [-0.25, -0.2) is 9.59 Å². The number of hydrogen-bond acceptors (Lipinski definition) is 4. The van der Waals surface area contributed by atoms with E-state index in [4.69, 9.17) is 9.84 Å². The van der Waals surface area contributed by atoms with Crippen LogP contribution in [0.1, 0.15) is 25.7 Å². The Morgan fingerprint density at radius 2 is 1.95 bits per heavy atom. The predicted molar refractivity (Wildman–Crippen MR) is 77.2 cm³/mol. The van der Waals surface area contributed by atoms with Crippen LogP contribution in [0.4, 0.5) is 4.79 Å². The Kier molecular flexibility index (Phi) is 5.81. The molecular weight excluding hydrogens is 274 g/mol. The second-order valence-electron chi connectivity index (χ2n) is 5.85. The Morgan fingerprint density at radius 1 is 1.24 bits per heavy atom. The maximum absolute atomic E-state index is 12.1. The van der Waals surface area contributed by atoms with E-state index in [1.807, 2.05) is 0 Å². The number of likely N-dealkylation sites (tertiary alicyclic amines) is 2. The highest BCUT2D eigenvalue weighted by Gasteiger charge is 2.25. The first kappa shape index (κ1) is 16.0. The average molecular weight is 299 g/mol. The topological polar surface area (TPSA) is 82.1 Å². The molecule has 21 heavy (non-hydrogen) atoms. The van der Waals surface area contributed by atoms with E-state index < -0.39 is 5.97 Å². The fourth-order valence-corrected chi connectivity index (χ4v) is 2.97. The molecule has 1 unspecified atom stereocenters. The summed E-state index contributed by atoms with van der Waals surface area (Å²) in [6, 6.07) is 0.428. The van der Waals surface area contributed by atoms with Gasteiger partial charge < -0.3 is 25.0 Å². The Hall–Kier alpha value is -1.34. The molecule has 2 N–H and O–H groups in total. The van der Waals surface area contributed by atoms with Gasteiger partial charge in [0, 0.05) is 25.7 Å². The standard InChI is InChI=1S/C14H25N3O4/c1-16-6-2-3-11(16)9-15-14(20)17-7-4-12(5-8-17)21-10-13(18)19/h11-12H,2-10H2,1H3,(H,15,20)(H,18,19). The van der Waals surface area contributed by atoms with Crippen LogP contribution < -0.4 is 5.32 Å². The van der Waals surface area contributed by atoms with Gasteiger partial charge in [0.1, 0.15) is 6.61 Å². The summed E-state index contributed by atoms with van der Waals surface area (Å²) in [5.41, 5.74) is 0. The molecule has 2 saturated heterocycles. The molecule has 0 spiro atoms. The van der Waals surface area contributed by atoms with Gasteiger partial charge in [0.15, 0.2) is 0 Å². The highest BCUT2D eigenvalue weighted by molar-refractivity contribution is 5.74. The third kappa shape index (κ3) is 4.86. The van der Waals surface area contributed by atoms with Crippen molar-refractivity contribution in [3.8, 4) is 0 Å². The lowest BCUT2D eigenvalue weighted by atomic mass is 10.1. The molecule has 7 nitrogen and oxygen atoms in total. The summed E-state index contributed by atoms with van der Waals surface area (Å²) in [5, 5.41) is 11.6. The van der Waals surface area contributed by atoms with Crippen LogP contribution in [-0.4, -0.2) is 78.9 Å². The van der Waals surface area contributed by atoms with Crippen molar-refractivity contribution in [1.29, 1.82) is 0 Å². The minimum atomic E-state index is -0.948. The lowest BCUT2D eigenvalue weighted by Crippen LogP contribution is -2.48. The van der Waals surface area contributed by atoms with E-state index in [0.29, 0.717) is 38.5 Å². The summed E-state index contributed by atoms with van der Waals surface area (Å²) in [7, 11) is 2.09. The quantitative estimate of drug-likeness (QED) is 0.766. The van der Waals surface area contributed by atoms with Crippen LogP contribution in [0.3, 0.4) is 0 Å². The Morgan fingerprint density at radius 3 is 2.52 bits per heavy atom. The first-order valence-corrected chi connectivity index (χ1v) is 7.62. The van der Waals surface area contributed by atoms with Crippen molar-refractivity contribution in [2.45, 2.75) is 37.8 Å². The maximum atomic E-state index is 12.1. The molecular formula is C14H25N3O4. The Labute approximate surface area is 125 Å². The number of rotatable bonds is 5. The van der Waals surface area contributed by atoms with E-state index in [-0.39, 0.29) is 18.7 Å². The lowest BCUT2D eigenvalue weighted by Gasteiger charge is -2.32. The monoisotopic (exact) mass is 299 g/mol. The number of ether oxygens (including phenoxy) is 1. The van der Waals surface area contributed by atoms with Gasteiger partial charge in [0.05, 0.1) is 6.10 Å². The van der Waals surface area contributed by atoms with E-state index in [0.717, 1.165) is 13.0 Å². The van der Waals surface area contributed by atoms with Crippen molar-refractivity contribution in [3.63, 3.8) is 0 Å². The number of piperidine rings is 1. The predicted octanol–water partition coefficient (Wildman–Crippen LogP) is 0.356. The molecule has 1 atom stereocenters. The van der Waals surface area contributed by atoms with Gasteiger partial charge in [-0.3, -0.25) is 0 Å². The van der Waals surface area contributed by atoms with Gasteiger partial charge in [-0.2, -0.15) is 0 Å². The van der Waals surface area contributed by atoms with Crippen molar-refractivity contribution in [3.05, 3.63) is 0 Å². The fourth-order valence-electron chi connectivity index (χ4n) is 2.97. The van der Waals surface area contributed by atoms with Crippen LogP contribution >= 0.6 is 0 Å². The zero-order chi connectivity index (χ0) is 15.2. The van der Waals surface area contributed by atoms with E-state index in [1.165, 1.54) is 6.42 Å². The first-order valence-electron chi connectivity index (χ1n) is 7.62. The molecule has 0 aliphatic carbocycles. The SMILES string of the molecule is CN1CCCC1CNC(=O)N1CCC(OCC(=O)O)CC1. The minimum absolute atomic E-state index is 0.0213. The van der Waals surface area contributed by atoms with Gasteiger partial charge in [-0.05, 0) is 39.3 Å². The third-order valence-corrected chi connectivity index (χ3v) is 4.33. The molecule has 0 bridgehead atoms. The van der Waals surface area contributed by atoms with Crippen molar-refractivity contribution in [2.75, 3.05) is 39.8 Å². The molecule has 0 aromatic rings. The van der Waals surface area contributed by atoms with Gasteiger partial charge in [-0.15, -0.1) is 0 Å². The normalized spacial score (nSPS) is 24.2. The number of carboxylic acid groups (broad SMARTS) is 1. The van der Waals surface area contributed by atoms with Crippen LogP contribution in [0, 0.1) is 0 Å². The van der Waals surface area contributed by atoms with E-state index in [1.54, 1.807) is 4.90 Å². The number of amides is 2. The summed E-state index contributed by atoms with van der Waals surface area (Å²) in [6.07, 6.45) is 3.69. The summed E-state index contributed by atoms with van der Waals surface area (Å²) >= 11 is 0. The Bertz CT molecular complexity index is 369. The zero-order valence-electron chi connectivity index (χ0n) is 12.6. The highest BCUT2D eigenvalue weighted by Crippen LogP contribution is 2.15. The molecule has 2 rings (SSSR count). The molecule has 0 saturated carbocycles. The average Bonchev–Trinajstić information content (AvgIpc) is 2.88. The number of aliphatic carboxylic acids is 1. The molecule has 7 heteroatoms. The smallest absolute Gasteiger partial charge is 0.329 e. The molecule has 2 aliphatic rings. The number of urea groups is 1. The summed E-state index contributed by atoms with van der Waals surface area (Å²) in [4.78, 5) is 26.6. The van der Waals surface area contributed by atoms with Crippen LogP contribution in [-0.2, 0) is 9.53 Å². The fraction of sp³-hybridized carbons (Fsp3) is 0.857. The summed E-state index contributed by atoms with van der Waals surface area (Å²) in [6.45, 7) is 2.79. The van der Waals surface area contributed by atoms with Crippen molar-refractivity contribution < 1.29 is 19.4 Å². The van der Waals surface area contributed by atoms with E-state index in [2.05, 4.69) is 17.3 Å². The molecule has 2 amide bonds. The second-order valence-corrected chi connectivity index (χ2v) is 5.85. The van der Waals surface area contributed by atoms with Crippen molar-refractivity contribution in [1.82, 2.24) is 15.1 Å². The molecule has 0 radical (unpaired) electrons. The molecule has 2 fully saturated rings. The zero-order valence-corrected chi connectivity index (χ0v) is 12.6. The molecule has 2 heterocycles. The number of hydrogen-bond donors (Lipinski definition) is 2. The number of carbonyl (C=O) groups is 2. The van der Waals surface area contributed by atoms with E-state index >= 15 is 0 Å². The lowest BCUT2D eigenvalue weighted by molar-refractivity contribution is -0.145.